The fourth-order valence-electron chi connectivity index (χ4n) is 0.905. The van der Waals surface area contributed by atoms with Gasteiger partial charge in [0.2, 0.25) is 0 Å². The molecule has 1 amide bonds. The van der Waals surface area contributed by atoms with E-state index in [4.69, 9.17) is 12.2 Å². The molecule has 0 aliphatic carbocycles. The molecule has 0 aromatic carbocycles. The molecule has 0 fully saturated rings. The lowest BCUT2D eigenvalue weighted by Gasteiger charge is -2.09. The number of ether oxygens (including phenoxy) is 1. The highest BCUT2D eigenvalue weighted by atomic mass is 79.9. The number of pyridine rings is 1. The maximum atomic E-state index is 13.3. The largest absolute Gasteiger partial charge is 0.450 e. The number of nitrogens with one attached hydrogen (secondary N) is 2. The van der Waals surface area contributed by atoms with Gasteiger partial charge in [0.25, 0.3) is 0 Å². The van der Waals surface area contributed by atoms with E-state index in [1.807, 2.05) is 0 Å². The van der Waals surface area contributed by atoms with Gasteiger partial charge in [-0.1, -0.05) is 0 Å². The summed E-state index contributed by atoms with van der Waals surface area (Å²) in [6.07, 6.45) is 0.695. The number of halogens is 2. The Morgan fingerprint density at radius 3 is 3.00 bits per heavy atom. The molecule has 0 spiro atoms. The van der Waals surface area contributed by atoms with E-state index in [0.29, 0.717) is 4.47 Å². The van der Waals surface area contributed by atoms with Gasteiger partial charge in [-0.25, -0.2) is 14.2 Å². The highest BCUT2D eigenvalue weighted by molar-refractivity contribution is 9.10. The topological polar surface area (TPSA) is 63.2 Å². The molecule has 2 N–H and O–H groups in total. The van der Waals surface area contributed by atoms with Crippen molar-refractivity contribution >= 4 is 45.2 Å². The minimum atomic E-state index is -0.706. The normalized spacial score (nSPS) is 9.59. The molecule has 1 aromatic rings. The van der Waals surface area contributed by atoms with Crippen LogP contribution in [0.5, 0.6) is 0 Å². The van der Waals surface area contributed by atoms with Crippen molar-refractivity contribution in [3.63, 3.8) is 0 Å². The van der Waals surface area contributed by atoms with Crippen LogP contribution in [0.15, 0.2) is 16.7 Å². The predicted octanol–water partition coefficient (Wildman–Crippen LogP) is 2.43. The maximum absolute atomic E-state index is 13.3. The van der Waals surface area contributed by atoms with Crippen molar-refractivity contribution in [1.29, 1.82) is 0 Å². The molecule has 0 bridgehead atoms. The summed E-state index contributed by atoms with van der Waals surface area (Å²) in [7, 11) is 0. The zero-order valence-electron chi connectivity index (χ0n) is 8.79. The summed E-state index contributed by atoms with van der Waals surface area (Å²) >= 11 is 7.85. The van der Waals surface area contributed by atoms with Gasteiger partial charge in [0, 0.05) is 10.7 Å². The van der Waals surface area contributed by atoms with Crippen LogP contribution in [0.1, 0.15) is 6.92 Å². The van der Waals surface area contributed by atoms with E-state index >= 15 is 0 Å². The molecule has 1 aromatic heterocycles. The van der Waals surface area contributed by atoms with Crippen LogP contribution in [-0.2, 0) is 4.74 Å². The molecule has 8 heteroatoms. The summed E-state index contributed by atoms with van der Waals surface area (Å²) in [5.74, 6) is -0.664. The molecule has 1 rings (SSSR count). The van der Waals surface area contributed by atoms with E-state index in [1.54, 1.807) is 6.92 Å². The quantitative estimate of drug-likeness (QED) is 0.819. The smallest absolute Gasteiger partial charge is 0.413 e. The molecule has 92 valence electrons. The second kappa shape index (κ2) is 6.45. The van der Waals surface area contributed by atoms with Crippen molar-refractivity contribution in [2.24, 2.45) is 0 Å². The number of hydrogen-bond donors (Lipinski definition) is 2. The summed E-state index contributed by atoms with van der Waals surface area (Å²) in [6.45, 7) is 1.88. The molecule has 0 unspecified atom stereocenters. The summed E-state index contributed by atoms with van der Waals surface area (Å²) < 4.78 is 18.4. The Labute approximate surface area is 111 Å². The summed E-state index contributed by atoms with van der Waals surface area (Å²) in [4.78, 5) is 14.8. The van der Waals surface area contributed by atoms with Crippen molar-refractivity contribution in [2.45, 2.75) is 6.92 Å². The number of carbonyl (C=O) groups is 1. The van der Waals surface area contributed by atoms with Gasteiger partial charge in [-0.3, -0.25) is 5.32 Å². The molecular weight excluding hydrogens is 313 g/mol. The Morgan fingerprint density at radius 2 is 2.41 bits per heavy atom. The van der Waals surface area contributed by atoms with Gasteiger partial charge in [0.15, 0.2) is 16.7 Å². The van der Waals surface area contributed by atoms with E-state index in [0.717, 1.165) is 0 Å². The first-order valence-electron chi connectivity index (χ1n) is 4.58. The third kappa shape index (κ3) is 4.61. The Bertz CT molecular complexity index is 444. The van der Waals surface area contributed by atoms with Crippen LogP contribution in [0.3, 0.4) is 0 Å². The number of rotatable bonds is 2. The van der Waals surface area contributed by atoms with Crippen LogP contribution in [0.2, 0.25) is 0 Å². The molecule has 17 heavy (non-hydrogen) atoms. The van der Waals surface area contributed by atoms with Crippen LogP contribution >= 0.6 is 28.1 Å². The number of aromatic nitrogens is 1. The van der Waals surface area contributed by atoms with E-state index < -0.39 is 11.9 Å². The Morgan fingerprint density at radius 1 is 1.71 bits per heavy atom. The fourth-order valence-corrected chi connectivity index (χ4v) is 1.39. The van der Waals surface area contributed by atoms with Gasteiger partial charge >= 0.3 is 6.09 Å². The van der Waals surface area contributed by atoms with Gasteiger partial charge in [-0.05, 0) is 41.1 Å². The molecular formula is C9H9BrFN3O2S. The van der Waals surface area contributed by atoms with Crippen LogP contribution in [-0.4, -0.2) is 22.8 Å². The predicted molar refractivity (Wildman–Crippen MR) is 68.3 cm³/mol. The Balaban J connectivity index is 2.59. The second-order valence-corrected chi connectivity index (χ2v) is 4.11. The molecule has 1 heterocycles. The van der Waals surface area contributed by atoms with Crippen LogP contribution in [0.4, 0.5) is 15.0 Å². The number of amides is 1. The van der Waals surface area contributed by atoms with Crippen molar-refractivity contribution in [3.05, 3.63) is 22.6 Å². The third-order valence-corrected chi connectivity index (χ3v) is 2.17. The zero-order valence-corrected chi connectivity index (χ0v) is 11.2. The number of thiocarbonyl (C=S) groups is 1. The first kappa shape index (κ1) is 13.8. The van der Waals surface area contributed by atoms with Gasteiger partial charge < -0.3 is 10.1 Å². The van der Waals surface area contributed by atoms with E-state index in [-0.39, 0.29) is 17.5 Å². The maximum Gasteiger partial charge on any atom is 0.413 e. The molecule has 0 radical (unpaired) electrons. The Hall–Kier alpha value is -1.28. The summed E-state index contributed by atoms with van der Waals surface area (Å²) in [5, 5.41) is 4.57. The monoisotopic (exact) mass is 321 g/mol. The first-order chi connectivity index (χ1) is 8.02. The van der Waals surface area contributed by atoms with Crippen molar-refractivity contribution in [2.75, 3.05) is 11.9 Å². The standard InChI is InChI=1S/C9H9BrFN3O2S/c1-2-16-9(15)14-8(17)13-7-6(11)3-5(10)4-12-7/h3-4H,2H2,1H3,(H2,12,13,14,15,17). The molecule has 0 aliphatic rings. The minimum Gasteiger partial charge on any atom is -0.450 e. The SMILES string of the molecule is CCOC(=O)NC(=S)Nc1ncc(Br)cc1F. The second-order valence-electron chi connectivity index (χ2n) is 2.78. The van der Waals surface area contributed by atoms with E-state index in [2.05, 4.69) is 36.3 Å². The zero-order chi connectivity index (χ0) is 12.8. The third-order valence-electron chi connectivity index (χ3n) is 1.53. The van der Waals surface area contributed by atoms with Crippen molar-refractivity contribution in [3.8, 4) is 0 Å². The number of hydrogen-bond acceptors (Lipinski definition) is 4. The van der Waals surface area contributed by atoms with Crippen LogP contribution in [0, 0.1) is 5.82 Å². The lowest BCUT2D eigenvalue weighted by Crippen LogP contribution is -2.35. The summed E-state index contributed by atoms with van der Waals surface area (Å²) in [6, 6.07) is 1.22. The molecule has 0 atom stereocenters. The first-order valence-corrected chi connectivity index (χ1v) is 5.79. The number of nitrogens with zero attached hydrogens (tertiary/aromatic N) is 1. The highest BCUT2D eigenvalue weighted by Crippen LogP contribution is 2.15. The highest BCUT2D eigenvalue weighted by Gasteiger charge is 2.09. The van der Waals surface area contributed by atoms with Gasteiger partial charge in [-0.2, -0.15) is 0 Å². The molecule has 0 saturated heterocycles. The average molecular weight is 322 g/mol. The van der Waals surface area contributed by atoms with Crippen LogP contribution in [0.25, 0.3) is 0 Å². The lowest BCUT2D eigenvalue weighted by atomic mass is 10.4. The van der Waals surface area contributed by atoms with Gasteiger partial charge in [-0.15, -0.1) is 0 Å². The number of anilines is 1. The average Bonchev–Trinajstić information content (AvgIpc) is 2.22. The van der Waals surface area contributed by atoms with Crippen molar-refractivity contribution < 1.29 is 13.9 Å². The summed E-state index contributed by atoms with van der Waals surface area (Å²) in [5.41, 5.74) is 0. The molecule has 0 aliphatic heterocycles. The van der Waals surface area contributed by atoms with Gasteiger partial charge in [0.1, 0.15) is 0 Å². The molecule has 0 saturated carbocycles. The van der Waals surface area contributed by atoms with E-state index in [9.17, 15) is 9.18 Å². The number of carbonyl (C=O) groups excluding carboxylic acids is 1. The minimum absolute atomic E-state index is 0.0741. The fraction of sp³-hybridized carbons (Fsp3) is 0.222. The van der Waals surface area contributed by atoms with E-state index in [1.165, 1.54) is 12.3 Å². The lowest BCUT2D eigenvalue weighted by molar-refractivity contribution is 0.158. The van der Waals surface area contributed by atoms with Gasteiger partial charge in [0.05, 0.1) is 6.61 Å². The Kier molecular flexibility index (Phi) is 5.23. The van der Waals surface area contributed by atoms with Crippen molar-refractivity contribution in [1.82, 2.24) is 10.3 Å². The van der Waals surface area contributed by atoms with Crippen LogP contribution < -0.4 is 10.6 Å². The number of alkyl carbamates (subject to hydrolysis) is 1. The molecule has 5 nitrogen and oxygen atoms in total.